The van der Waals surface area contributed by atoms with Crippen molar-refractivity contribution in [3.05, 3.63) is 23.9 Å². The third kappa shape index (κ3) is 2.12. The van der Waals surface area contributed by atoms with Crippen LogP contribution in [0.5, 0.6) is 0 Å². The van der Waals surface area contributed by atoms with Crippen LogP contribution in [0.3, 0.4) is 0 Å². The monoisotopic (exact) mass is 206 g/mol. The number of aromatic nitrogens is 1. The predicted molar refractivity (Wildman–Crippen MR) is 60.9 cm³/mol. The highest BCUT2D eigenvalue weighted by Crippen LogP contribution is 2.27. The van der Waals surface area contributed by atoms with Gasteiger partial charge in [-0.3, -0.25) is 0 Å². The summed E-state index contributed by atoms with van der Waals surface area (Å²) in [4.78, 5) is 6.60. The van der Waals surface area contributed by atoms with Crippen molar-refractivity contribution in [1.82, 2.24) is 4.98 Å². The molecule has 0 aromatic carbocycles. The van der Waals surface area contributed by atoms with Crippen LogP contribution in [-0.2, 0) is 0 Å². The molecule has 0 saturated heterocycles. The van der Waals surface area contributed by atoms with Crippen molar-refractivity contribution in [1.29, 1.82) is 0 Å². The van der Waals surface area contributed by atoms with Crippen molar-refractivity contribution in [3.63, 3.8) is 0 Å². The minimum absolute atomic E-state index is 0.430. The molecule has 15 heavy (non-hydrogen) atoms. The minimum atomic E-state index is -0.430. The molecule has 0 radical (unpaired) electrons. The standard InChI is InChI=1S/C12H18N2O/c1-9(15)10-6-7-12(13-8-10)14(2)11-4-3-5-11/h6-9,11,15H,3-5H2,1-2H3. The number of pyridine rings is 1. The maximum Gasteiger partial charge on any atom is 0.128 e. The first-order valence-electron chi connectivity index (χ1n) is 5.55. The van der Waals surface area contributed by atoms with Gasteiger partial charge < -0.3 is 10.0 Å². The van der Waals surface area contributed by atoms with Crippen molar-refractivity contribution in [2.45, 2.75) is 38.3 Å². The summed E-state index contributed by atoms with van der Waals surface area (Å²) in [6.45, 7) is 1.76. The van der Waals surface area contributed by atoms with E-state index in [2.05, 4.69) is 16.9 Å². The molecule has 2 rings (SSSR count). The van der Waals surface area contributed by atoms with Gasteiger partial charge in [0.25, 0.3) is 0 Å². The first-order valence-corrected chi connectivity index (χ1v) is 5.55. The van der Waals surface area contributed by atoms with E-state index in [4.69, 9.17) is 0 Å². The van der Waals surface area contributed by atoms with Crippen molar-refractivity contribution >= 4 is 5.82 Å². The lowest BCUT2D eigenvalue weighted by Crippen LogP contribution is -2.37. The molecule has 1 unspecified atom stereocenters. The number of anilines is 1. The van der Waals surface area contributed by atoms with E-state index in [1.54, 1.807) is 13.1 Å². The Hall–Kier alpha value is -1.09. The van der Waals surface area contributed by atoms with Crippen molar-refractivity contribution in [3.8, 4) is 0 Å². The lowest BCUT2D eigenvalue weighted by molar-refractivity contribution is 0.199. The van der Waals surface area contributed by atoms with E-state index < -0.39 is 6.10 Å². The molecule has 3 heteroatoms. The fourth-order valence-corrected chi connectivity index (χ4v) is 1.81. The summed E-state index contributed by atoms with van der Waals surface area (Å²) in [5.41, 5.74) is 0.876. The van der Waals surface area contributed by atoms with Crippen LogP contribution in [0.25, 0.3) is 0 Å². The van der Waals surface area contributed by atoms with Crippen LogP contribution in [0.1, 0.15) is 37.9 Å². The maximum atomic E-state index is 9.37. The average Bonchev–Trinajstić information content (AvgIpc) is 2.15. The maximum absolute atomic E-state index is 9.37. The predicted octanol–water partition coefficient (Wildman–Crippen LogP) is 2.12. The summed E-state index contributed by atoms with van der Waals surface area (Å²) in [5.74, 6) is 1.00. The SMILES string of the molecule is CC(O)c1ccc(N(C)C2CCC2)nc1. The highest BCUT2D eigenvalue weighted by Gasteiger charge is 2.22. The molecule has 1 aromatic rings. The summed E-state index contributed by atoms with van der Waals surface area (Å²) in [6.07, 6.45) is 5.21. The van der Waals surface area contributed by atoms with Gasteiger partial charge in [0.05, 0.1) is 6.10 Å². The van der Waals surface area contributed by atoms with Gasteiger partial charge in [0.15, 0.2) is 0 Å². The molecular formula is C12H18N2O. The highest BCUT2D eigenvalue weighted by atomic mass is 16.3. The van der Waals surface area contributed by atoms with E-state index in [0.717, 1.165) is 11.4 Å². The molecule has 1 heterocycles. The molecule has 0 spiro atoms. The van der Waals surface area contributed by atoms with Gasteiger partial charge in [-0.1, -0.05) is 6.07 Å². The topological polar surface area (TPSA) is 36.4 Å². The number of aliphatic hydroxyl groups is 1. The van der Waals surface area contributed by atoms with Crippen LogP contribution in [0.4, 0.5) is 5.82 Å². The van der Waals surface area contributed by atoms with Crippen molar-refractivity contribution in [2.75, 3.05) is 11.9 Å². The molecule has 1 aliphatic rings. The van der Waals surface area contributed by atoms with Crippen LogP contribution in [-0.4, -0.2) is 23.2 Å². The van der Waals surface area contributed by atoms with Crippen LogP contribution in [0, 0.1) is 0 Å². The van der Waals surface area contributed by atoms with Gasteiger partial charge in [0.2, 0.25) is 0 Å². The van der Waals surface area contributed by atoms with E-state index in [1.807, 2.05) is 12.1 Å². The molecule has 3 nitrogen and oxygen atoms in total. The molecule has 1 N–H and O–H groups in total. The Morgan fingerprint density at radius 3 is 2.60 bits per heavy atom. The fraction of sp³-hybridized carbons (Fsp3) is 0.583. The summed E-state index contributed by atoms with van der Waals surface area (Å²) in [6, 6.07) is 4.60. The number of hydrogen-bond acceptors (Lipinski definition) is 3. The molecule has 82 valence electrons. The Labute approximate surface area is 90.8 Å². The molecule has 0 aliphatic heterocycles. The number of aliphatic hydroxyl groups excluding tert-OH is 1. The number of nitrogens with zero attached hydrogens (tertiary/aromatic N) is 2. The molecule has 0 amide bonds. The Kier molecular flexibility index (Phi) is 2.91. The first-order chi connectivity index (χ1) is 7.18. The molecule has 1 atom stereocenters. The van der Waals surface area contributed by atoms with Gasteiger partial charge in [-0.05, 0) is 37.8 Å². The Morgan fingerprint density at radius 2 is 2.20 bits per heavy atom. The summed E-state index contributed by atoms with van der Waals surface area (Å²) < 4.78 is 0. The van der Waals surface area contributed by atoms with E-state index in [1.165, 1.54) is 19.3 Å². The Balaban J connectivity index is 2.08. The fourth-order valence-electron chi connectivity index (χ4n) is 1.81. The smallest absolute Gasteiger partial charge is 0.128 e. The largest absolute Gasteiger partial charge is 0.389 e. The molecule has 1 saturated carbocycles. The minimum Gasteiger partial charge on any atom is -0.389 e. The lowest BCUT2D eigenvalue weighted by Gasteiger charge is -2.35. The molecular weight excluding hydrogens is 188 g/mol. The molecule has 1 fully saturated rings. The number of hydrogen-bond donors (Lipinski definition) is 1. The zero-order valence-electron chi connectivity index (χ0n) is 9.35. The van der Waals surface area contributed by atoms with E-state index in [-0.39, 0.29) is 0 Å². The van der Waals surface area contributed by atoms with Gasteiger partial charge in [0.1, 0.15) is 5.82 Å². The van der Waals surface area contributed by atoms with Crippen molar-refractivity contribution < 1.29 is 5.11 Å². The van der Waals surface area contributed by atoms with Gasteiger partial charge in [-0.2, -0.15) is 0 Å². The summed E-state index contributed by atoms with van der Waals surface area (Å²) >= 11 is 0. The van der Waals surface area contributed by atoms with E-state index >= 15 is 0 Å². The van der Waals surface area contributed by atoms with Crippen molar-refractivity contribution in [2.24, 2.45) is 0 Å². The van der Waals surface area contributed by atoms with E-state index in [9.17, 15) is 5.11 Å². The summed E-state index contributed by atoms with van der Waals surface area (Å²) in [5, 5.41) is 9.37. The number of rotatable bonds is 3. The second-order valence-corrected chi connectivity index (χ2v) is 4.32. The lowest BCUT2D eigenvalue weighted by atomic mass is 9.92. The quantitative estimate of drug-likeness (QED) is 0.823. The van der Waals surface area contributed by atoms with Gasteiger partial charge in [-0.25, -0.2) is 4.98 Å². The van der Waals surface area contributed by atoms with Gasteiger partial charge in [-0.15, -0.1) is 0 Å². The second kappa shape index (κ2) is 4.19. The van der Waals surface area contributed by atoms with Gasteiger partial charge in [0, 0.05) is 19.3 Å². The summed E-state index contributed by atoms with van der Waals surface area (Å²) in [7, 11) is 2.09. The Morgan fingerprint density at radius 1 is 1.47 bits per heavy atom. The second-order valence-electron chi connectivity index (χ2n) is 4.32. The van der Waals surface area contributed by atoms with E-state index in [0.29, 0.717) is 6.04 Å². The van der Waals surface area contributed by atoms with Gasteiger partial charge >= 0.3 is 0 Å². The molecule has 0 bridgehead atoms. The normalized spacial score (nSPS) is 18.3. The molecule has 1 aliphatic carbocycles. The van der Waals surface area contributed by atoms with Crippen LogP contribution in [0.2, 0.25) is 0 Å². The zero-order chi connectivity index (χ0) is 10.8. The third-order valence-electron chi connectivity index (χ3n) is 3.24. The highest BCUT2D eigenvalue weighted by molar-refractivity contribution is 5.40. The Bertz CT molecular complexity index is 317. The third-order valence-corrected chi connectivity index (χ3v) is 3.24. The van der Waals surface area contributed by atoms with Crippen LogP contribution in [0.15, 0.2) is 18.3 Å². The average molecular weight is 206 g/mol. The first kappa shape index (κ1) is 10.4. The molecule has 1 aromatic heterocycles. The van der Waals surface area contributed by atoms with Crippen LogP contribution < -0.4 is 4.90 Å². The van der Waals surface area contributed by atoms with Crippen LogP contribution >= 0.6 is 0 Å². The zero-order valence-corrected chi connectivity index (χ0v) is 9.35.